The summed E-state index contributed by atoms with van der Waals surface area (Å²) in [7, 11) is 0. The summed E-state index contributed by atoms with van der Waals surface area (Å²) in [4.78, 5) is 0. The zero-order chi connectivity index (χ0) is 11.4. The molecular weight excluding hydrogens is 214 g/mol. The van der Waals surface area contributed by atoms with Crippen LogP contribution in [0.4, 0.5) is 0 Å². The maximum atomic E-state index is 3.91. The second kappa shape index (κ2) is 6.30. The monoisotopic (exact) mass is 241 g/mol. The topological polar surface area (TPSA) is 12.0 Å². The van der Waals surface area contributed by atoms with E-state index in [9.17, 15) is 0 Å². The van der Waals surface area contributed by atoms with E-state index in [-0.39, 0.29) is 0 Å². The largest absolute Gasteiger partial charge is 0.310 e. The summed E-state index contributed by atoms with van der Waals surface area (Å²) in [6, 6.07) is 1.52. The Morgan fingerprint density at radius 1 is 1.06 bits per heavy atom. The van der Waals surface area contributed by atoms with Gasteiger partial charge >= 0.3 is 0 Å². The van der Waals surface area contributed by atoms with Crippen molar-refractivity contribution in [2.24, 2.45) is 5.92 Å². The highest BCUT2D eigenvalue weighted by molar-refractivity contribution is 8.00. The fourth-order valence-corrected chi connectivity index (χ4v) is 4.44. The van der Waals surface area contributed by atoms with Gasteiger partial charge in [-0.3, -0.25) is 0 Å². The van der Waals surface area contributed by atoms with Crippen molar-refractivity contribution in [3.8, 4) is 0 Å². The minimum Gasteiger partial charge on any atom is -0.310 e. The van der Waals surface area contributed by atoms with Crippen LogP contribution in [0, 0.1) is 5.92 Å². The molecule has 0 aromatic heterocycles. The first kappa shape index (κ1) is 12.8. The van der Waals surface area contributed by atoms with Gasteiger partial charge in [-0.2, -0.15) is 11.8 Å². The molecule has 2 unspecified atom stereocenters. The molecule has 0 aromatic rings. The van der Waals surface area contributed by atoms with E-state index in [2.05, 4.69) is 30.9 Å². The van der Waals surface area contributed by atoms with Gasteiger partial charge in [0.05, 0.1) is 0 Å². The molecule has 1 aliphatic heterocycles. The number of rotatable bonds is 3. The third-order valence-electron chi connectivity index (χ3n) is 4.46. The predicted molar refractivity (Wildman–Crippen MR) is 74.1 cm³/mol. The van der Waals surface area contributed by atoms with Crippen LogP contribution in [0.25, 0.3) is 0 Å². The molecule has 1 saturated carbocycles. The Hall–Kier alpha value is 0.310. The molecule has 0 radical (unpaired) electrons. The minimum absolute atomic E-state index is 0.740. The average Bonchev–Trinajstić information content (AvgIpc) is 2.57. The van der Waals surface area contributed by atoms with Gasteiger partial charge < -0.3 is 5.32 Å². The fraction of sp³-hybridized carbons (Fsp3) is 1.00. The summed E-state index contributed by atoms with van der Waals surface area (Å²) in [5.74, 6) is 2.30. The number of thioether (sulfide) groups is 1. The van der Waals surface area contributed by atoms with Crippen molar-refractivity contribution in [2.45, 2.75) is 76.1 Å². The van der Waals surface area contributed by atoms with E-state index in [0.29, 0.717) is 0 Å². The number of nitrogens with one attached hydrogen (secondary N) is 1. The highest BCUT2D eigenvalue weighted by Gasteiger charge is 2.27. The normalized spacial score (nSPS) is 34.9. The summed E-state index contributed by atoms with van der Waals surface area (Å²) in [6.07, 6.45) is 10.2. The molecule has 0 amide bonds. The smallest absolute Gasteiger partial charge is 0.0194 e. The lowest BCUT2D eigenvalue weighted by Gasteiger charge is -2.28. The van der Waals surface area contributed by atoms with Crippen molar-refractivity contribution >= 4 is 11.8 Å². The molecule has 0 spiro atoms. The van der Waals surface area contributed by atoms with Crippen molar-refractivity contribution in [1.29, 1.82) is 0 Å². The molecule has 94 valence electrons. The molecular formula is C14H27NS. The van der Waals surface area contributed by atoms with Crippen molar-refractivity contribution in [3.63, 3.8) is 0 Å². The van der Waals surface area contributed by atoms with Crippen LogP contribution in [-0.4, -0.2) is 23.1 Å². The molecule has 0 bridgehead atoms. The molecule has 2 fully saturated rings. The molecule has 1 nitrogen and oxygen atoms in total. The zero-order valence-electron chi connectivity index (χ0n) is 10.9. The van der Waals surface area contributed by atoms with Crippen LogP contribution in [0.15, 0.2) is 0 Å². The zero-order valence-corrected chi connectivity index (χ0v) is 11.7. The van der Waals surface area contributed by atoms with Crippen LogP contribution in [0.5, 0.6) is 0 Å². The lowest BCUT2D eigenvalue weighted by molar-refractivity contribution is 0.307. The highest BCUT2D eigenvalue weighted by atomic mass is 32.2. The van der Waals surface area contributed by atoms with Crippen LogP contribution in [0.3, 0.4) is 0 Å². The molecule has 2 rings (SSSR count). The number of hydrogen-bond donors (Lipinski definition) is 1. The van der Waals surface area contributed by atoms with Crippen LogP contribution in [0.2, 0.25) is 0 Å². The Morgan fingerprint density at radius 3 is 2.31 bits per heavy atom. The van der Waals surface area contributed by atoms with Crippen LogP contribution >= 0.6 is 11.8 Å². The predicted octanol–water partition coefficient (Wildman–Crippen LogP) is 3.83. The molecule has 1 aliphatic carbocycles. The van der Waals surface area contributed by atoms with E-state index in [4.69, 9.17) is 0 Å². The van der Waals surface area contributed by atoms with Crippen molar-refractivity contribution < 1.29 is 0 Å². The molecule has 16 heavy (non-hydrogen) atoms. The van der Waals surface area contributed by atoms with Gasteiger partial charge in [0.15, 0.2) is 0 Å². The van der Waals surface area contributed by atoms with E-state index < -0.39 is 0 Å². The molecule has 2 aliphatic rings. The first-order valence-electron chi connectivity index (χ1n) is 7.15. The van der Waals surface area contributed by atoms with Gasteiger partial charge in [0.25, 0.3) is 0 Å². The van der Waals surface area contributed by atoms with Gasteiger partial charge in [-0.1, -0.05) is 32.6 Å². The Bertz CT molecular complexity index is 199. The van der Waals surface area contributed by atoms with E-state index >= 15 is 0 Å². The van der Waals surface area contributed by atoms with E-state index in [1.807, 2.05) is 0 Å². The summed E-state index contributed by atoms with van der Waals surface area (Å²) in [5.41, 5.74) is 0. The molecule has 1 saturated heterocycles. The molecule has 0 aromatic carbocycles. The molecule has 1 heterocycles. The van der Waals surface area contributed by atoms with E-state index in [1.54, 1.807) is 0 Å². The van der Waals surface area contributed by atoms with Gasteiger partial charge in [-0.15, -0.1) is 0 Å². The van der Waals surface area contributed by atoms with Gasteiger partial charge in [0.1, 0.15) is 0 Å². The first-order chi connectivity index (χ1) is 7.77. The second-order valence-electron chi connectivity index (χ2n) is 5.68. The fourth-order valence-electron chi connectivity index (χ4n) is 3.24. The third-order valence-corrected chi connectivity index (χ3v) is 5.79. The lowest BCUT2D eigenvalue weighted by Crippen LogP contribution is -2.43. The first-order valence-corrected chi connectivity index (χ1v) is 8.20. The van der Waals surface area contributed by atoms with E-state index in [1.165, 1.54) is 50.7 Å². The molecule has 3 atom stereocenters. The van der Waals surface area contributed by atoms with E-state index in [0.717, 1.165) is 23.3 Å². The quantitative estimate of drug-likeness (QED) is 0.754. The summed E-state index contributed by atoms with van der Waals surface area (Å²) < 4.78 is 0. The number of hydrogen-bond acceptors (Lipinski definition) is 2. The SMILES string of the molecule is CC1SCCC1N[C@H](C)C1CCCCCC1. The Morgan fingerprint density at radius 2 is 1.75 bits per heavy atom. The highest BCUT2D eigenvalue weighted by Crippen LogP contribution is 2.29. The summed E-state index contributed by atoms with van der Waals surface area (Å²) in [5, 5.41) is 4.73. The Kier molecular flexibility index (Phi) is 5.02. The molecule has 2 heteroatoms. The van der Waals surface area contributed by atoms with Gasteiger partial charge in [-0.05, 0) is 37.9 Å². The summed E-state index contributed by atoms with van der Waals surface area (Å²) >= 11 is 2.14. The van der Waals surface area contributed by atoms with Crippen LogP contribution in [-0.2, 0) is 0 Å². The van der Waals surface area contributed by atoms with Gasteiger partial charge in [0, 0.05) is 17.3 Å². The summed E-state index contributed by atoms with van der Waals surface area (Å²) in [6.45, 7) is 4.81. The lowest BCUT2D eigenvalue weighted by atomic mass is 9.92. The minimum atomic E-state index is 0.740. The Labute approximate surface area is 105 Å². The van der Waals surface area contributed by atoms with Crippen molar-refractivity contribution in [2.75, 3.05) is 5.75 Å². The van der Waals surface area contributed by atoms with Gasteiger partial charge in [-0.25, -0.2) is 0 Å². The van der Waals surface area contributed by atoms with Crippen molar-refractivity contribution in [3.05, 3.63) is 0 Å². The third kappa shape index (κ3) is 3.40. The van der Waals surface area contributed by atoms with Gasteiger partial charge in [0.2, 0.25) is 0 Å². The second-order valence-corrected chi connectivity index (χ2v) is 7.16. The van der Waals surface area contributed by atoms with Crippen LogP contribution < -0.4 is 5.32 Å². The molecule has 1 N–H and O–H groups in total. The average molecular weight is 241 g/mol. The Balaban J connectivity index is 1.79. The maximum absolute atomic E-state index is 3.91. The van der Waals surface area contributed by atoms with Crippen LogP contribution in [0.1, 0.15) is 58.8 Å². The standard InChI is InChI=1S/C14H27NS/c1-11(13-7-5-3-4-6-8-13)15-14-9-10-16-12(14)2/h11-15H,3-10H2,1-2H3/t11-,12?,14?/m1/s1. The maximum Gasteiger partial charge on any atom is 0.0194 e. The van der Waals surface area contributed by atoms with Crippen molar-refractivity contribution in [1.82, 2.24) is 5.32 Å².